The second-order valence-electron chi connectivity index (χ2n) is 3.62. The maximum atomic E-state index is 12.7. The van der Waals surface area contributed by atoms with Crippen LogP contribution in [0.2, 0.25) is 0 Å². The highest BCUT2D eigenvalue weighted by Gasteiger charge is 2.36. The fourth-order valence-electron chi connectivity index (χ4n) is 1.53. The van der Waals surface area contributed by atoms with Gasteiger partial charge >= 0.3 is 12.8 Å². The van der Waals surface area contributed by atoms with Crippen molar-refractivity contribution in [3.63, 3.8) is 0 Å². The molecule has 1 rings (SSSR count). The van der Waals surface area contributed by atoms with E-state index in [-0.39, 0.29) is 5.56 Å². The number of aryl methyl sites for hydroxylation is 1. The van der Waals surface area contributed by atoms with Crippen LogP contribution in [0.4, 0.5) is 22.0 Å². The molecule has 0 saturated heterocycles. The number of carbonyl (C=O) groups excluding carboxylic acids is 1. The molecule has 0 bridgehead atoms. The Kier molecular flexibility index (Phi) is 3.93. The van der Waals surface area contributed by atoms with Gasteiger partial charge in [0.2, 0.25) is 0 Å². The molecular weight excluding hydrogens is 259 g/mol. The Balaban J connectivity index is 3.51. The number of Topliss-reactive ketones (excluding diaryl/α,β-unsaturated/α-hetero) is 1. The molecule has 0 radical (unpaired) electrons. The Morgan fingerprint density at radius 3 is 2.22 bits per heavy atom. The molecule has 0 aromatic heterocycles. The molecule has 7 heteroatoms. The number of ether oxygens (including phenoxy) is 1. The van der Waals surface area contributed by atoms with Gasteiger partial charge in [-0.2, -0.15) is 22.0 Å². The van der Waals surface area contributed by atoms with E-state index in [1.54, 1.807) is 0 Å². The number of hydrogen-bond acceptors (Lipinski definition) is 2. The smallest absolute Gasteiger partial charge is 0.417 e. The third-order valence-electron chi connectivity index (χ3n) is 2.12. The van der Waals surface area contributed by atoms with Crippen molar-refractivity contribution >= 4 is 5.78 Å². The molecule has 0 aliphatic heterocycles. The Labute approximate surface area is 99.4 Å². The van der Waals surface area contributed by atoms with Gasteiger partial charge in [0.1, 0.15) is 5.75 Å². The number of carbonyl (C=O) groups is 1. The minimum absolute atomic E-state index is 0.0722. The predicted molar refractivity (Wildman–Crippen MR) is 52.8 cm³/mol. The minimum atomic E-state index is -4.81. The second kappa shape index (κ2) is 4.91. The third-order valence-corrected chi connectivity index (χ3v) is 2.12. The zero-order valence-corrected chi connectivity index (χ0v) is 9.44. The first-order valence-electron chi connectivity index (χ1n) is 4.80. The molecule has 1 aromatic carbocycles. The van der Waals surface area contributed by atoms with Crippen molar-refractivity contribution < 1.29 is 31.5 Å². The van der Waals surface area contributed by atoms with Crippen LogP contribution in [-0.4, -0.2) is 12.4 Å². The lowest BCUT2D eigenvalue weighted by molar-refractivity contribution is -0.138. The molecule has 100 valence electrons. The summed E-state index contributed by atoms with van der Waals surface area (Å²) in [6, 6.07) is 1.69. The Morgan fingerprint density at radius 2 is 1.83 bits per heavy atom. The molecule has 0 fully saturated rings. The molecule has 0 amide bonds. The molecule has 0 atom stereocenters. The topological polar surface area (TPSA) is 26.3 Å². The molecule has 1 aromatic rings. The van der Waals surface area contributed by atoms with E-state index in [0.717, 1.165) is 19.1 Å². The van der Waals surface area contributed by atoms with Gasteiger partial charge in [-0.15, -0.1) is 0 Å². The molecule has 2 nitrogen and oxygen atoms in total. The van der Waals surface area contributed by atoms with Crippen LogP contribution >= 0.6 is 0 Å². The molecule has 0 N–H and O–H groups in total. The molecule has 0 aliphatic rings. The first-order chi connectivity index (χ1) is 8.12. The van der Waals surface area contributed by atoms with Crippen LogP contribution in [0.25, 0.3) is 0 Å². The van der Waals surface area contributed by atoms with Gasteiger partial charge in [-0.05, 0) is 31.5 Å². The summed E-state index contributed by atoms with van der Waals surface area (Å²) in [5.41, 5.74) is -2.08. The second-order valence-corrected chi connectivity index (χ2v) is 3.62. The SMILES string of the molecule is CC(=O)c1c(OC(F)F)cc(C)cc1C(F)(F)F. The Bertz CT molecular complexity index is 465. The van der Waals surface area contributed by atoms with Crippen LogP contribution in [0.5, 0.6) is 5.75 Å². The fraction of sp³-hybridized carbons (Fsp3) is 0.364. The number of ketones is 1. The molecule has 0 heterocycles. The lowest BCUT2D eigenvalue weighted by atomic mass is 10.00. The number of alkyl halides is 5. The van der Waals surface area contributed by atoms with Crippen LogP contribution in [0.3, 0.4) is 0 Å². The van der Waals surface area contributed by atoms with Gasteiger partial charge < -0.3 is 4.74 Å². The average Bonchev–Trinajstić information content (AvgIpc) is 2.13. The summed E-state index contributed by atoms with van der Waals surface area (Å²) in [7, 11) is 0. The van der Waals surface area contributed by atoms with Crippen molar-refractivity contribution in [2.45, 2.75) is 26.6 Å². The summed E-state index contributed by atoms with van der Waals surface area (Å²) in [4.78, 5) is 11.2. The Morgan fingerprint density at radius 1 is 1.28 bits per heavy atom. The number of rotatable bonds is 3. The third kappa shape index (κ3) is 3.18. The predicted octanol–water partition coefficient (Wildman–Crippen LogP) is 3.82. The largest absolute Gasteiger partial charge is 0.434 e. The van der Waals surface area contributed by atoms with E-state index in [1.807, 2.05) is 0 Å². The fourth-order valence-corrected chi connectivity index (χ4v) is 1.53. The monoisotopic (exact) mass is 268 g/mol. The van der Waals surface area contributed by atoms with Crippen LogP contribution in [-0.2, 0) is 6.18 Å². The minimum Gasteiger partial charge on any atom is -0.434 e. The molecule has 0 unspecified atom stereocenters. The summed E-state index contributed by atoms with van der Waals surface area (Å²) in [5.74, 6) is -1.75. The summed E-state index contributed by atoms with van der Waals surface area (Å²) in [6.07, 6.45) is -4.81. The highest BCUT2D eigenvalue weighted by molar-refractivity contribution is 5.98. The molecule has 0 spiro atoms. The standard InChI is InChI=1S/C11H9F5O2/c1-5-3-7(11(14,15)16)9(6(2)17)8(4-5)18-10(12)13/h3-4,10H,1-2H3. The first kappa shape index (κ1) is 14.4. The van der Waals surface area contributed by atoms with Gasteiger partial charge in [0.25, 0.3) is 0 Å². The van der Waals surface area contributed by atoms with Crippen molar-refractivity contribution in [2.75, 3.05) is 0 Å². The van der Waals surface area contributed by atoms with Crippen molar-refractivity contribution in [1.29, 1.82) is 0 Å². The lowest BCUT2D eigenvalue weighted by Crippen LogP contribution is -2.15. The lowest BCUT2D eigenvalue weighted by Gasteiger charge is -2.16. The average molecular weight is 268 g/mol. The van der Waals surface area contributed by atoms with E-state index in [9.17, 15) is 26.7 Å². The van der Waals surface area contributed by atoms with Crippen molar-refractivity contribution in [3.8, 4) is 5.75 Å². The zero-order valence-electron chi connectivity index (χ0n) is 9.44. The van der Waals surface area contributed by atoms with Gasteiger partial charge in [0, 0.05) is 0 Å². The molecule has 0 saturated carbocycles. The van der Waals surface area contributed by atoms with E-state index in [2.05, 4.69) is 4.74 Å². The van der Waals surface area contributed by atoms with Crippen molar-refractivity contribution in [3.05, 3.63) is 28.8 Å². The maximum absolute atomic E-state index is 12.7. The van der Waals surface area contributed by atoms with E-state index in [1.165, 1.54) is 6.92 Å². The summed E-state index contributed by atoms with van der Waals surface area (Å²) < 4.78 is 66.3. The number of hydrogen-bond donors (Lipinski definition) is 0. The van der Waals surface area contributed by atoms with Crippen molar-refractivity contribution in [1.82, 2.24) is 0 Å². The maximum Gasteiger partial charge on any atom is 0.417 e. The normalized spacial score (nSPS) is 11.8. The van der Waals surface area contributed by atoms with Crippen LogP contribution in [0.1, 0.15) is 28.4 Å². The zero-order chi connectivity index (χ0) is 14.1. The molecular formula is C11H9F5O2. The highest BCUT2D eigenvalue weighted by Crippen LogP contribution is 2.37. The van der Waals surface area contributed by atoms with Gasteiger partial charge in [-0.3, -0.25) is 4.79 Å². The first-order valence-corrected chi connectivity index (χ1v) is 4.80. The van der Waals surface area contributed by atoms with E-state index < -0.39 is 35.4 Å². The summed E-state index contributed by atoms with van der Waals surface area (Å²) in [6.45, 7) is -1.15. The van der Waals surface area contributed by atoms with Crippen LogP contribution in [0, 0.1) is 6.92 Å². The van der Waals surface area contributed by atoms with Gasteiger partial charge in [0.15, 0.2) is 5.78 Å². The highest BCUT2D eigenvalue weighted by atomic mass is 19.4. The number of benzene rings is 1. The summed E-state index contributed by atoms with van der Waals surface area (Å²) >= 11 is 0. The Hall–Kier alpha value is -1.66. The van der Waals surface area contributed by atoms with Crippen LogP contribution in [0.15, 0.2) is 12.1 Å². The quantitative estimate of drug-likeness (QED) is 0.615. The van der Waals surface area contributed by atoms with E-state index in [0.29, 0.717) is 0 Å². The van der Waals surface area contributed by atoms with Crippen LogP contribution < -0.4 is 4.74 Å². The van der Waals surface area contributed by atoms with Gasteiger partial charge in [-0.1, -0.05) is 0 Å². The summed E-state index contributed by atoms with van der Waals surface area (Å²) in [5, 5.41) is 0. The molecule has 0 aliphatic carbocycles. The van der Waals surface area contributed by atoms with Gasteiger partial charge in [0.05, 0.1) is 11.1 Å². The van der Waals surface area contributed by atoms with Crippen molar-refractivity contribution in [2.24, 2.45) is 0 Å². The molecule has 18 heavy (non-hydrogen) atoms. The van der Waals surface area contributed by atoms with E-state index >= 15 is 0 Å². The number of halogens is 5. The van der Waals surface area contributed by atoms with Gasteiger partial charge in [-0.25, -0.2) is 0 Å². The van der Waals surface area contributed by atoms with E-state index in [4.69, 9.17) is 0 Å².